The monoisotopic (exact) mass is 360 g/mol. The first kappa shape index (κ1) is 18.2. The van der Waals surface area contributed by atoms with E-state index in [0.717, 1.165) is 42.0 Å². The Hall–Kier alpha value is -0.820. The van der Waals surface area contributed by atoms with Crippen LogP contribution in [0.15, 0.2) is 16.6 Å². The first-order valence-corrected chi connectivity index (χ1v) is 7.71. The van der Waals surface area contributed by atoms with Crippen molar-refractivity contribution in [1.29, 1.82) is 0 Å². The van der Waals surface area contributed by atoms with Crippen LogP contribution in [0.5, 0.6) is 11.5 Å². The molecule has 21 heavy (non-hydrogen) atoms. The van der Waals surface area contributed by atoms with E-state index in [4.69, 9.17) is 14.2 Å². The minimum atomic E-state index is 0.711. The van der Waals surface area contributed by atoms with Gasteiger partial charge in [0.15, 0.2) is 11.5 Å². The van der Waals surface area contributed by atoms with Crippen LogP contribution >= 0.6 is 15.9 Å². The molecule has 6 heteroatoms. The summed E-state index contributed by atoms with van der Waals surface area (Å²) in [7, 11) is 7.35. The van der Waals surface area contributed by atoms with E-state index in [2.05, 4.69) is 26.1 Å². The molecule has 120 valence electrons. The molecule has 0 aromatic heterocycles. The summed E-state index contributed by atoms with van der Waals surface area (Å²) in [5, 5.41) is 3.35. The predicted octanol–water partition coefficient (Wildman–Crippen LogP) is 2.13. The molecule has 0 spiro atoms. The maximum atomic E-state index is 5.53. The average molecular weight is 361 g/mol. The summed E-state index contributed by atoms with van der Waals surface area (Å²) in [5.41, 5.74) is 1.13. The Balaban J connectivity index is 2.34. The third-order valence-electron chi connectivity index (χ3n) is 2.93. The van der Waals surface area contributed by atoms with Gasteiger partial charge in [-0.05, 0) is 47.7 Å². The van der Waals surface area contributed by atoms with E-state index >= 15 is 0 Å². The SMILES string of the molecule is COc1cc(CNCCOCCN(C)C)cc(Br)c1OC. The lowest BCUT2D eigenvalue weighted by molar-refractivity contribution is 0.119. The molecule has 0 saturated carbocycles. The van der Waals surface area contributed by atoms with Gasteiger partial charge in [0.1, 0.15) is 0 Å². The lowest BCUT2D eigenvalue weighted by Crippen LogP contribution is -2.23. The molecular formula is C15H25BrN2O3. The van der Waals surface area contributed by atoms with Crippen molar-refractivity contribution in [2.45, 2.75) is 6.54 Å². The lowest BCUT2D eigenvalue weighted by Gasteiger charge is -2.13. The number of benzene rings is 1. The fourth-order valence-electron chi connectivity index (χ4n) is 1.80. The predicted molar refractivity (Wildman–Crippen MR) is 88.3 cm³/mol. The second-order valence-electron chi connectivity index (χ2n) is 4.91. The van der Waals surface area contributed by atoms with Crippen LogP contribution in [0.2, 0.25) is 0 Å². The van der Waals surface area contributed by atoms with Gasteiger partial charge < -0.3 is 24.4 Å². The molecule has 1 aromatic rings. The smallest absolute Gasteiger partial charge is 0.174 e. The quantitative estimate of drug-likeness (QED) is 0.647. The molecule has 1 rings (SSSR count). The number of nitrogens with zero attached hydrogens (tertiary/aromatic N) is 1. The number of likely N-dealkylation sites (N-methyl/N-ethyl adjacent to an activating group) is 1. The largest absolute Gasteiger partial charge is 0.493 e. The molecule has 5 nitrogen and oxygen atoms in total. The van der Waals surface area contributed by atoms with Crippen LogP contribution in [0.25, 0.3) is 0 Å². The zero-order chi connectivity index (χ0) is 15.7. The summed E-state index contributed by atoms with van der Waals surface area (Å²) in [4.78, 5) is 2.11. The van der Waals surface area contributed by atoms with Crippen LogP contribution in [-0.4, -0.2) is 59.5 Å². The summed E-state index contributed by atoms with van der Waals surface area (Å²) in [6.07, 6.45) is 0. The van der Waals surface area contributed by atoms with Crippen molar-refractivity contribution in [3.05, 3.63) is 22.2 Å². The van der Waals surface area contributed by atoms with Crippen molar-refractivity contribution in [2.75, 3.05) is 54.6 Å². The van der Waals surface area contributed by atoms with Gasteiger partial charge in [0.05, 0.1) is 31.9 Å². The van der Waals surface area contributed by atoms with Gasteiger partial charge in [0.25, 0.3) is 0 Å². The third-order valence-corrected chi connectivity index (χ3v) is 3.52. The fourth-order valence-corrected chi connectivity index (χ4v) is 2.45. The van der Waals surface area contributed by atoms with E-state index in [1.54, 1.807) is 14.2 Å². The molecule has 0 aliphatic heterocycles. The van der Waals surface area contributed by atoms with Crippen LogP contribution in [0.3, 0.4) is 0 Å². The van der Waals surface area contributed by atoms with E-state index in [0.29, 0.717) is 12.4 Å². The van der Waals surface area contributed by atoms with E-state index in [1.165, 1.54) is 0 Å². The number of halogens is 1. The minimum Gasteiger partial charge on any atom is -0.493 e. The maximum Gasteiger partial charge on any atom is 0.174 e. The highest BCUT2D eigenvalue weighted by Crippen LogP contribution is 2.36. The Morgan fingerprint density at radius 3 is 2.52 bits per heavy atom. The number of hydrogen-bond donors (Lipinski definition) is 1. The molecule has 0 unspecified atom stereocenters. The second kappa shape index (κ2) is 10.00. The van der Waals surface area contributed by atoms with Crippen LogP contribution in [0.1, 0.15) is 5.56 Å². The molecule has 1 aromatic carbocycles. The Morgan fingerprint density at radius 1 is 1.14 bits per heavy atom. The van der Waals surface area contributed by atoms with E-state index in [9.17, 15) is 0 Å². The summed E-state index contributed by atoms with van der Waals surface area (Å²) in [6.45, 7) is 4.00. The second-order valence-corrected chi connectivity index (χ2v) is 5.76. The molecule has 0 radical (unpaired) electrons. The maximum absolute atomic E-state index is 5.53. The fraction of sp³-hybridized carbons (Fsp3) is 0.600. The van der Waals surface area contributed by atoms with Crippen molar-refractivity contribution in [3.63, 3.8) is 0 Å². The molecule has 0 amide bonds. The first-order chi connectivity index (χ1) is 10.1. The van der Waals surface area contributed by atoms with Gasteiger partial charge in [0, 0.05) is 19.6 Å². The van der Waals surface area contributed by atoms with Crippen LogP contribution in [-0.2, 0) is 11.3 Å². The number of rotatable bonds is 10. The van der Waals surface area contributed by atoms with Gasteiger partial charge >= 0.3 is 0 Å². The highest BCUT2D eigenvalue weighted by atomic mass is 79.9. The molecular weight excluding hydrogens is 336 g/mol. The van der Waals surface area contributed by atoms with Crippen molar-refractivity contribution in [1.82, 2.24) is 10.2 Å². The Morgan fingerprint density at radius 2 is 1.90 bits per heavy atom. The highest BCUT2D eigenvalue weighted by Gasteiger charge is 2.10. The number of methoxy groups -OCH3 is 2. The first-order valence-electron chi connectivity index (χ1n) is 6.92. The molecule has 0 bridgehead atoms. The molecule has 0 fully saturated rings. The zero-order valence-electron chi connectivity index (χ0n) is 13.2. The highest BCUT2D eigenvalue weighted by molar-refractivity contribution is 9.10. The van der Waals surface area contributed by atoms with E-state index in [-0.39, 0.29) is 0 Å². The van der Waals surface area contributed by atoms with Crippen LogP contribution in [0.4, 0.5) is 0 Å². The van der Waals surface area contributed by atoms with Crippen LogP contribution in [0, 0.1) is 0 Å². The zero-order valence-corrected chi connectivity index (χ0v) is 14.8. The normalized spacial score (nSPS) is 11.0. The molecule has 0 aliphatic carbocycles. The van der Waals surface area contributed by atoms with Gasteiger partial charge in [0.2, 0.25) is 0 Å². The van der Waals surface area contributed by atoms with E-state index < -0.39 is 0 Å². The summed E-state index contributed by atoms with van der Waals surface area (Å²) < 4.78 is 17.0. The molecule has 0 heterocycles. The van der Waals surface area contributed by atoms with Gasteiger partial charge in [-0.2, -0.15) is 0 Å². The Labute approximate surface area is 135 Å². The Bertz CT molecular complexity index is 428. The van der Waals surface area contributed by atoms with Gasteiger partial charge in [-0.3, -0.25) is 0 Å². The number of nitrogens with one attached hydrogen (secondary N) is 1. The number of ether oxygens (including phenoxy) is 3. The molecule has 0 saturated heterocycles. The van der Waals surface area contributed by atoms with Crippen molar-refractivity contribution in [3.8, 4) is 11.5 Å². The van der Waals surface area contributed by atoms with Crippen LogP contribution < -0.4 is 14.8 Å². The third kappa shape index (κ3) is 6.65. The summed E-state index contributed by atoms with van der Waals surface area (Å²) in [5.74, 6) is 1.44. The summed E-state index contributed by atoms with van der Waals surface area (Å²) in [6, 6.07) is 4.00. The van der Waals surface area contributed by atoms with E-state index in [1.807, 2.05) is 26.2 Å². The molecule has 0 atom stereocenters. The van der Waals surface area contributed by atoms with Gasteiger partial charge in [-0.1, -0.05) is 0 Å². The van der Waals surface area contributed by atoms with Crippen molar-refractivity contribution in [2.24, 2.45) is 0 Å². The topological polar surface area (TPSA) is 43.0 Å². The number of hydrogen-bond acceptors (Lipinski definition) is 5. The van der Waals surface area contributed by atoms with Crippen molar-refractivity contribution < 1.29 is 14.2 Å². The molecule has 0 aliphatic rings. The average Bonchev–Trinajstić information content (AvgIpc) is 2.45. The molecule has 1 N–H and O–H groups in total. The minimum absolute atomic E-state index is 0.711. The van der Waals surface area contributed by atoms with Crippen molar-refractivity contribution >= 4 is 15.9 Å². The van der Waals surface area contributed by atoms with Gasteiger partial charge in [-0.25, -0.2) is 0 Å². The van der Waals surface area contributed by atoms with Gasteiger partial charge in [-0.15, -0.1) is 0 Å². The summed E-state index contributed by atoms with van der Waals surface area (Å²) >= 11 is 3.49. The Kier molecular flexibility index (Phi) is 8.68. The lowest BCUT2D eigenvalue weighted by atomic mass is 10.2. The standard InChI is InChI=1S/C15H25BrN2O3/c1-18(2)6-8-21-7-5-17-11-12-9-13(16)15(20-4)14(10-12)19-3/h9-10,17H,5-8,11H2,1-4H3.